The van der Waals surface area contributed by atoms with Gasteiger partial charge in [0.2, 0.25) is 0 Å². The summed E-state index contributed by atoms with van der Waals surface area (Å²) in [6.45, 7) is 0. The van der Waals surface area contributed by atoms with E-state index >= 15 is 0 Å². The van der Waals surface area contributed by atoms with Gasteiger partial charge in [0.25, 0.3) is 0 Å². The van der Waals surface area contributed by atoms with Crippen molar-refractivity contribution in [3.8, 4) is 0 Å². The van der Waals surface area contributed by atoms with E-state index in [0.29, 0.717) is 0 Å². The fraction of sp³-hybridized carbons (Fsp3) is 0.667. The number of carboxylic acids is 3. The van der Waals surface area contributed by atoms with Gasteiger partial charge in [0, 0.05) is 0 Å². The number of hydrogen-bond acceptors (Lipinski definition) is 5. The maximum absolute atomic E-state index is 10.3. The minimum atomic E-state index is -2.74. The number of carboxylic acid groups (broad SMARTS) is 3. The zero-order valence-corrected chi connectivity index (χ0v) is 8.87. The Labute approximate surface area is 96.1 Å². The molecule has 17 heavy (non-hydrogen) atoms. The highest BCUT2D eigenvalue weighted by molar-refractivity contribution is 5.88. The summed E-state index contributed by atoms with van der Waals surface area (Å²) >= 11 is 0. The summed E-state index contributed by atoms with van der Waals surface area (Å²) in [7, 11) is 0. The van der Waals surface area contributed by atoms with Crippen molar-refractivity contribution in [2.45, 2.75) is 37.4 Å². The van der Waals surface area contributed by atoms with Gasteiger partial charge in [-0.25, -0.2) is 4.79 Å². The van der Waals surface area contributed by atoms with Crippen molar-refractivity contribution < 1.29 is 39.9 Å². The van der Waals surface area contributed by atoms with E-state index in [4.69, 9.17) is 25.5 Å². The van der Waals surface area contributed by atoms with Crippen molar-refractivity contribution in [1.29, 1.82) is 0 Å². The van der Waals surface area contributed by atoms with Crippen LogP contribution in [0.4, 0.5) is 0 Å². The average Bonchev–Trinajstić information content (AvgIpc) is 2.85. The summed E-state index contributed by atoms with van der Waals surface area (Å²) < 4.78 is 0. The topological polar surface area (TPSA) is 152 Å². The number of hydrogen-bond donors (Lipinski definition) is 5. The number of aliphatic hydroxyl groups is 2. The average molecular weight is 250 g/mol. The van der Waals surface area contributed by atoms with Crippen LogP contribution in [0.1, 0.15) is 25.7 Å². The summed E-state index contributed by atoms with van der Waals surface area (Å²) in [5.74, 6) is -5.02. The predicted molar refractivity (Wildman–Crippen MR) is 52.3 cm³/mol. The highest BCUT2D eigenvalue weighted by Crippen LogP contribution is 2.17. The van der Waals surface area contributed by atoms with Crippen molar-refractivity contribution in [2.24, 2.45) is 0 Å². The van der Waals surface area contributed by atoms with Gasteiger partial charge in [0.05, 0.1) is 18.9 Å². The molecule has 1 rings (SSSR count). The minimum absolute atomic E-state index is 0.0833. The number of aliphatic carboxylic acids is 3. The van der Waals surface area contributed by atoms with Gasteiger partial charge < -0.3 is 25.5 Å². The molecule has 0 aromatic carbocycles. The van der Waals surface area contributed by atoms with Gasteiger partial charge in [-0.15, -0.1) is 0 Å². The Morgan fingerprint density at radius 1 is 1.00 bits per heavy atom. The molecule has 0 unspecified atom stereocenters. The molecule has 0 bridgehead atoms. The van der Waals surface area contributed by atoms with Crippen LogP contribution in [0.15, 0.2) is 0 Å². The normalized spacial score (nSPS) is 14.5. The van der Waals surface area contributed by atoms with E-state index in [2.05, 4.69) is 0 Å². The molecule has 8 heteroatoms. The van der Waals surface area contributed by atoms with Crippen molar-refractivity contribution in [3.63, 3.8) is 0 Å². The maximum atomic E-state index is 10.3. The van der Waals surface area contributed by atoms with E-state index < -0.39 is 36.4 Å². The van der Waals surface area contributed by atoms with Crippen LogP contribution in [0.5, 0.6) is 0 Å². The largest absolute Gasteiger partial charge is 0.481 e. The standard InChI is InChI=1S/C6H8O7.C3H6O/c7-3(8)1-6(13,5(11)12)2-4(9)10;4-3-1-2-3/h13H,1-2H2,(H,7,8)(H,9,10)(H,11,12);3-4H,1-2H2. The van der Waals surface area contributed by atoms with Crippen molar-refractivity contribution in [2.75, 3.05) is 0 Å². The second-order valence-electron chi connectivity index (χ2n) is 3.71. The molecule has 0 aromatic rings. The third kappa shape index (κ3) is 7.25. The van der Waals surface area contributed by atoms with E-state index in [1.807, 2.05) is 0 Å². The summed E-state index contributed by atoms with van der Waals surface area (Å²) in [6, 6.07) is 0. The minimum Gasteiger partial charge on any atom is -0.481 e. The Morgan fingerprint density at radius 3 is 1.41 bits per heavy atom. The highest BCUT2D eigenvalue weighted by atomic mass is 16.4. The molecule has 8 nitrogen and oxygen atoms in total. The van der Waals surface area contributed by atoms with Gasteiger partial charge in [-0.2, -0.15) is 0 Å². The third-order valence-electron chi connectivity index (χ3n) is 1.83. The first-order chi connectivity index (χ1) is 7.67. The zero-order valence-electron chi connectivity index (χ0n) is 8.87. The first-order valence-corrected chi connectivity index (χ1v) is 4.75. The molecule has 98 valence electrons. The molecule has 0 amide bonds. The second-order valence-corrected chi connectivity index (χ2v) is 3.71. The molecule has 1 fully saturated rings. The van der Waals surface area contributed by atoms with Gasteiger partial charge in [-0.05, 0) is 12.8 Å². The number of carbonyl (C=O) groups is 3. The number of rotatable bonds is 5. The van der Waals surface area contributed by atoms with E-state index in [-0.39, 0.29) is 6.10 Å². The van der Waals surface area contributed by atoms with Crippen LogP contribution in [-0.2, 0) is 14.4 Å². The Kier molecular flexibility index (Phi) is 5.56. The molecule has 0 saturated heterocycles. The smallest absolute Gasteiger partial charge is 0.336 e. The van der Waals surface area contributed by atoms with Crippen LogP contribution in [0.3, 0.4) is 0 Å². The van der Waals surface area contributed by atoms with Gasteiger partial charge in [0.15, 0.2) is 5.60 Å². The summed E-state index contributed by atoms with van der Waals surface area (Å²) in [5.41, 5.74) is -2.74. The molecule has 0 atom stereocenters. The van der Waals surface area contributed by atoms with Crippen LogP contribution < -0.4 is 0 Å². The molecule has 0 radical (unpaired) electrons. The van der Waals surface area contributed by atoms with Crippen LogP contribution in [0, 0.1) is 0 Å². The molecule has 0 aromatic heterocycles. The lowest BCUT2D eigenvalue weighted by Gasteiger charge is -2.18. The molecular weight excluding hydrogens is 236 g/mol. The molecular formula is C9H14O8. The second kappa shape index (κ2) is 6.16. The summed E-state index contributed by atoms with van der Waals surface area (Å²) in [6.07, 6.45) is -0.122. The fourth-order valence-corrected chi connectivity index (χ4v) is 0.789. The Balaban J connectivity index is 0.000000529. The van der Waals surface area contributed by atoms with Crippen molar-refractivity contribution in [3.05, 3.63) is 0 Å². The predicted octanol–water partition coefficient (Wildman–Crippen LogP) is -1.11. The quantitative estimate of drug-likeness (QED) is 0.412. The first-order valence-electron chi connectivity index (χ1n) is 4.75. The molecule has 1 saturated carbocycles. The lowest BCUT2D eigenvalue weighted by Crippen LogP contribution is -2.42. The molecule has 1 aliphatic rings. The zero-order chi connectivity index (χ0) is 13.6. The lowest BCUT2D eigenvalue weighted by atomic mass is 9.96. The molecule has 1 aliphatic carbocycles. The molecule has 5 N–H and O–H groups in total. The third-order valence-corrected chi connectivity index (χ3v) is 1.83. The lowest BCUT2D eigenvalue weighted by molar-refractivity contribution is -0.170. The van der Waals surface area contributed by atoms with Gasteiger partial charge >= 0.3 is 17.9 Å². The highest BCUT2D eigenvalue weighted by Gasteiger charge is 2.40. The Morgan fingerprint density at radius 2 is 1.29 bits per heavy atom. The van der Waals surface area contributed by atoms with Crippen LogP contribution in [0.25, 0.3) is 0 Å². The summed E-state index contributed by atoms with van der Waals surface area (Å²) in [4.78, 5) is 30.5. The molecule has 0 heterocycles. The van der Waals surface area contributed by atoms with Crippen LogP contribution in [-0.4, -0.2) is 55.1 Å². The summed E-state index contributed by atoms with van der Waals surface area (Å²) in [5, 5.41) is 42.0. The molecule has 0 spiro atoms. The first kappa shape index (κ1) is 15.3. The van der Waals surface area contributed by atoms with Crippen molar-refractivity contribution >= 4 is 17.9 Å². The molecule has 0 aliphatic heterocycles. The number of aliphatic hydroxyl groups excluding tert-OH is 1. The van der Waals surface area contributed by atoms with E-state index in [0.717, 1.165) is 12.8 Å². The van der Waals surface area contributed by atoms with E-state index in [9.17, 15) is 14.4 Å². The Bertz CT molecular complexity index is 290. The SMILES string of the molecule is O=C(O)CC(O)(CC(=O)O)C(=O)O.OC1CC1. The monoisotopic (exact) mass is 250 g/mol. The van der Waals surface area contributed by atoms with Crippen LogP contribution >= 0.6 is 0 Å². The Hall–Kier alpha value is -1.67. The maximum Gasteiger partial charge on any atom is 0.336 e. The van der Waals surface area contributed by atoms with E-state index in [1.165, 1.54) is 0 Å². The van der Waals surface area contributed by atoms with E-state index in [1.54, 1.807) is 0 Å². The van der Waals surface area contributed by atoms with Gasteiger partial charge in [-0.3, -0.25) is 9.59 Å². The van der Waals surface area contributed by atoms with Gasteiger partial charge in [0.1, 0.15) is 0 Å². The van der Waals surface area contributed by atoms with Crippen molar-refractivity contribution in [1.82, 2.24) is 0 Å². The van der Waals surface area contributed by atoms with Gasteiger partial charge in [-0.1, -0.05) is 0 Å². The fourth-order valence-electron chi connectivity index (χ4n) is 0.789. The van der Waals surface area contributed by atoms with Crippen LogP contribution in [0.2, 0.25) is 0 Å².